The number of aryl methyl sites for hydroxylation is 3. The summed E-state index contributed by atoms with van der Waals surface area (Å²) in [6.07, 6.45) is 0. The van der Waals surface area contributed by atoms with Crippen molar-refractivity contribution in [2.45, 2.75) is 20.8 Å². The molecule has 0 aliphatic rings. The van der Waals surface area contributed by atoms with Gasteiger partial charge in [0.05, 0.1) is 0 Å². The van der Waals surface area contributed by atoms with Gasteiger partial charge in [-0.25, -0.2) is 9.97 Å². The summed E-state index contributed by atoms with van der Waals surface area (Å²) < 4.78 is 0. The molecule has 2 aromatic rings. The molecule has 2 nitrogen and oxygen atoms in total. The Morgan fingerprint density at radius 3 is 2.38 bits per heavy atom. The minimum atomic E-state index is 0.488. The molecule has 16 heavy (non-hydrogen) atoms. The molecule has 0 bridgehead atoms. The monoisotopic (exact) mass is 232 g/mol. The van der Waals surface area contributed by atoms with Gasteiger partial charge in [0.15, 0.2) is 5.82 Å². The van der Waals surface area contributed by atoms with Crippen LogP contribution in [0.15, 0.2) is 24.3 Å². The van der Waals surface area contributed by atoms with E-state index in [2.05, 4.69) is 35.9 Å². The lowest BCUT2D eigenvalue weighted by atomic mass is 10.1. The molecule has 1 aromatic carbocycles. The highest BCUT2D eigenvalue weighted by atomic mass is 35.5. The van der Waals surface area contributed by atoms with Crippen molar-refractivity contribution < 1.29 is 0 Å². The third kappa shape index (κ3) is 2.22. The van der Waals surface area contributed by atoms with Crippen molar-refractivity contribution in [2.75, 3.05) is 0 Å². The zero-order valence-corrected chi connectivity index (χ0v) is 10.3. The van der Waals surface area contributed by atoms with Gasteiger partial charge in [-0.05, 0) is 32.4 Å². The summed E-state index contributed by atoms with van der Waals surface area (Å²) >= 11 is 5.93. The van der Waals surface area contributed by atoms with Crippen LogP contribution in [0.2, 0.25) is 5.15 Å². The molecule has 0 saturated carbocycles. The van der Waals surface area contributed by atoms with Crippen molar-refractivity contribution in [1.82, 2.24) is 9.97 Å². The van der Waals surface area contributed by atoms with Crippen LogP contribution < -0.4 is 0 Å². The molecule has 0 spiro atoms. The van der Waals surface area contributed by atoms with Gasteiger partial charge in [0.25, 0.3) is 0 Å². The Morgan fingerprint density at radius 2 is 1.75 bits per heavy atom. The van der Waals surface area contributed by atoms with Crippen molar-refractivity contribution in [3.05, 3.63) is 46.2 Å². The molecule has 0 fully saturated rings. The summed E-state index contributed by atoms with van der Waals surface area (Å²) in [5.41, 5.74) is 4.33. The van der Waals surface area contributed by atoms with E-state index in [0.717, 1.165) is 11.3 Å². The summed E-state index contributed by atoms with van der Waals surface area (Å²) in [5, 5.41) is 0.488. The molecule has 0 amide bonds. The smallest absolute Gasteiger partial charge is 0.161 e. The standard InChI is InChI=1S/C13H13ClN2/c1-8-4-5-11(9(2)6-8)13-15-10(3)7-12(14)16-13/h4-7H,1-3H3. The molecule has 1 aromatic heterocycles. The fourth-order valence-electron chi connectivity index (χ4n) is 1.72. The maximum absolute atomic E-state index is 5.93. The minimum Gasteiger partial charge on any atom is -0.233 e. The second kappa shape index (κ2) is 4.22. The molecule has 0 unspecified atom stereocenters. The average Bonchev–Trinajstić information content (AvgIpc) is 2.15. The normalized spacial score (nSPS) is 10.5. The van der Waals surface area contributed by atoms with Crippen LogP contribution in [0.3, 0.4) is 0 Å². The van der Waals surface area contributed by atoms with Gasteiger partial charge in [0.1, 0.15) is 5.15 Å². The van der Waals surface area contributed by atoms with Crippen molar-refractivity contribution in [1.29, 1.82) is 0 Å². The Kier molecular flexibility index (Phi) is 2.92. The highest BCUT2D eigenvalue weighted by Crippen LogP contribution is 2.22. The third-order valence-electron chi connectivity index (χ3n) is 2.45. The van der Waals surface area contributed by atoms with Gasteiger partial charge in [-0.15, -0.1) is 0 Å². The predicted octanol–water partition coefficient (Wildman–Crippen LogP) is 3.72. The first-order chi connectivity index (χ1) is 7.56. The van der Waals surface area contributed by atoms with E-state index in [4.69, 9.17) is 11.6 Å². The molecule has 3 heteroatoms. The van der Waals surface area contributed by atoms with Crippen molar-refractivity contribution >= 4 is 11.6 Å². The molecule has 0 radical (unpaired) electrons. The highest BCUT2D eigenvalue weighted by molar-refractivity contribution is 6.29. The predicted molar refractivity (Wildman–Crippen MR) is 66.7 cm³/mol. The van der Waals surface area contributed by atoms with E-state index in [1.54, 1.807) is 6.07 Å². The number of benzene rings is 1. The zero-order valence-electron chi connectivity index (χ0n) is 9.58. The van der Waals surface area contributed by atoms with Crippen LogP contribution in [0.25, 0.3) is 11.4 Å². The molecule has 0 atom stereocenters. The lowest BCUT2D eigenvalue weighted by Gasteiger charge is -2.06. The zero-order chi connectivity index (χ0) is 11.7. The quantitative estimate of drug-likeness (QED) is 0.701. The molecule has 0 aliphatic carbocycles. The van der Waals surface area contributed by atoms with Crippen molar-refractivity contribution in [2.24, 2.45) is 0 Å². The maximum Gasteiger partial charge on any atom is 0.161 e. The molecule has 0 saturated heterocycles. The van der Waals surface area contributed by atoms with Gasteiger partial charge in [-0.1, -0.05) is 35.4 Å². The fourth-order valence-corrected chi connectivity index (χ4v) is 1.95. The van der Waals surface area contributed by atoms with Gasteiger partial charge in [0.2, 0.25) is 0 Å². The van der Waals surface area contributed by atoms with Crippen LogP contribution >= 0.6 is 11.6 Å². The van der Waals surface area contributed by atoms with E-state index in [9.17, 15) is 0 Å². The van der Waals surface area contributed by atoms with E-state index < -0.39 is 0 Å². The topological polar surface area (TPSA) is 25.8 Å². The van der Waals surface area contributed by atoms with E-state index in [0.29, 0.717) is 11.0 Å². The summed E-state index contributed by atoms with van der Waals surface area (Å²) in [4.78, 5) is 8.65. The Hall–Kier alpha value is -1.41. The Morgan fingerprint density at radius 1 is 1.00 bits per heavy atom. The SMILES string of the molecule is Cc1ccc(-c2nc(C)cc(Cl)n2)c(C)c1. The first kappa shape index (κ1) is 11.1. The number of rotatable bonds is 1. The second-order valence-electron chi connectivity index (χ2n) is 3.97. The third-order valence-corrected chi connectivity index (χ3v) is 2.64. The largest absolute Gasteiger partial charge is 0.233 e. The maximum atomic E-state index is 5.93. The molecule has 82 valence electrons. The Bertz CT molecular complexity index is 515. The Labute approximate surface area is 100 Å². The number of halogens is 1. The van der Waals surface area contributed by atoms with Crippen LogP contribution in [0.4, 0.5) is 0 Å². The van der Waals surface area contributed by atoms with Crippen LogP contribution in [0.1, 0.15) is 16.8 Å². The summed E-state index contributed by atoms with van der Waals surface area (Å²) in [5.74, 6) is 0.697. The summed E-state index contributed by atoms with van der Waals surface area (Å²) in [6, 6.07) is 7.97. The number of hydrogen-bond donors (Lipinski definition) is 0. The van der Waals surface area contributed by atoms with Crippen LogP contribution in [-0.4, -0.2) is 9.97 Å². The van der Waals surface area contributed by atoms with Gasteiger partial charge in [-0.2, -0.15) is 0 Å². The number of aromatic nitrogens is 2. The first-order valence-corrected chi connectivity index (χ1v) is 5.53. The van der Waals surface area contributed by atoms with E-state index in [1.807, 2.05) is 13.0 Å². The number of nitrogens with zero attached hydrogens (tertiary/aromatic N) is 2. The Balaban J connectivity index is 2.58. The van der Waals surface area contributed by atoms with Gasteiger partial charge >= 0.3 is 0 Å². The van der Waals surface area contributed by atoms with Gasteiger partial charge in [0, 0.05) is 11.3 Å². The van der Waals surface area contributed by atoms with Gasteiger partial charge < -0.3 is 0 Å². The van der Waals surface area contributed by atoms with Crippen molar-refractivity contribution in [3.63, 3.8) is 0 Å². The lowest BCUT2D eigenvalue weighted by Crippen LogP contribution is -1.94. The average molecular weight is 233 g/mol. The summed E-state index contributed by atoms with van der Waals surface area (Å²) in [6.45, 7) is 6.05. The molecule has 2 rings (SSSR count). The molecule has 1 heterocycles. The summed E-state index contributed by atoms with van der Waals surface area (Å²) in [7, 11) is 0. The molecular formula is C13H13ClN2. The minimum absolute atomic E-state index is 0.488. The first-order valence-electron chi connectivity index (χ1n) is 5.15. The number of hydrogen-bond acceptors (Lipinski definition) is 2. The molecular weight excluding hydrogens is 220 g/mol. The van der Waals surface area contributed by atoms with Crippen LogP contribution in [-0.2, 0) is 0 Å². The molecule has 0 aliphatic heterocycles. The lowest BCUT2D eigenvalue weighted by molar-refractivity contribution is 1.10. The highest BCUT2D eigenvalue weighted by Gasteiger charge is 2.06. The van der Waals surface area contributed by atoms with E-state index in [-0.39, 0.29) is 0 Å². The van der Waals surface area contributed by atoms with E-state index in [1.165, 1.54) is 11.1 Å². The fraction of sp³-hybridized carbons (Fsp3) is 0.231. The van der Waals surface area contributed by atoms with E-state index >= 15 is 0 Å². The van der Waals surface area contributed by atoms with Crippen molar-refractivity contribution in [3.8, 4) is 11.4 Å². The van der Waals surface area contributed by atoms with Crippen LogP contribution in [0, 0.1) is 20.8 Å². The second-order valence-corrected chi connectivity index (χ2v) is 4.36. The molecule has 0 N–H and O–H groups in total. The van der Waals surface area contributed by atoms with Gasteiger partial charge in [-0.3, -0.25) is 0 Å². The van der Waals surface area contributed by atoms with Crippen LogP contribution in [0.5, 0.6) is 0 Å².